The standard InChI is InChI=1S/C16H31N5.HI/c1-8-17-15(19-16(5,6)7)18-10-12(2)11-21-14(4)9-13(3)20-21;/h9,12H,8,10-11H2,1-7H3,(H2,17,18,19);1H. The van der Waals surface area contributed by atoms with E-state index >= 15 is 0 Å². The average molecular weight is 421 g/mol. The molecule has 0 aromatic carbocycles. The molecule has 0 saturated carbocycles. The zero-order valence-electron chi connectivity index (χ0n) is 15.0. The molecule has 1 rings (SSSR count). The number of aromatic nitrogens is 2. The van der Waals surface area contributed by atoms with Crippen LogP contribution in [0.25, 0.3) is 0 Å². The molecule has 0 aliphatic heterocycles. The van der Waals surface area contributed by atoms with E-state index in [2.05, 4.69) is 73.0 Å². The van der Waals surface area contributed by atoms with Crippen LogP contribution < -0.4 is 10.6 Å². The van der Waals surface area contributed by atoms with Crippen LogP contribution in [-0.2, 0) is 6.54 Å². The van der Waals surface area contributed by atoms with Crippen molar-refractivity contribution in [3.63, 3.8) is 0 Å². The van der Waals surface area contributed by atoms with Crippen LogP contribution in [0, 0.1) is 19.8 Å². The van der Waals surface area contributed by atoms with E-state index in [4.69, 9.17) is 0 Å². The number of hydrogen-bond acceptors (Lipinski definition) is 2. The summed E-state index contributed by atoms with van der Waals surface area (Å²) in [4.78, 5) is 4.68. The second-order valence-corrected chi connectivity index (χ2v) is 6.81. The molecule has 2 N–H and O–H groups in total. The van der Waals surface area contributed by atoms with Crippen LogP contribution in [0.15, 0.2) is 11.1 Å². The minimum atomic E-state index is 0. The Kier molecular flexibility index (Phi) is 9.04. The quantitative estimate of drug-likeness (QED) is 0.437. The van der Waals surface area contributed by atoms with Crippen LogP contribution >= 0.6 is 24.0 Å². The van der Waals surface area contributed by atoms with E-state index in [0.29, 0.717) is 5.92 Å². The summed E-state index contributed by atoms with van der Waals surface area (Å²) >= 11 is 0. The third-order valence-corrected chi connectivity index (χ3v) is 2.99. The fourth-order valence-corrected chi connectivity index (χ4v) is 2.12. The fourth-order valence-electron chi connectivity index (χ4n) is 2.12. The molecule has 0 spiro atoms. The Balaban J connectivity index is 0.00000441. The summed E-state index contributed by atoms with van der Waals surface area (Å²) in [7, 11) is 0. The number of aliphatic imine (C=N–C) groups is 1. The molecular formula is C16H32IN5. The number of aryl methyl sites for hydroxylation is 2. The van der Waals surface area contributed by atoms with E-state index in [1.54, 1.807) is 0 Å². The fraction of sp³-hybridized carbons (Fsp3) is 0.750. The van der Waals surface area contributed by atoms with Gasteiger partial charge in [0.15, 0.2) is 5.96 Å². The van der Waals surface area contributed by atoms with Crippen molar-refractivity contribution in [3.8, 4) is 0 Å². The van der Waals surface area contributed by atoms with Crippen LogP contribution in [0.4, 0.5) is 0 Å². The molecule has 0 aliphatic rings. The smallest absolute Gasteiger partial charge is 0.191 e. The molecule has 1 unspecified atom stereocenters. The lowest BCUT2D eigenvalue weighted by molar-refractivity contribution is 0.446. The predicted molar refractivity (Wildman–Crippen MR) is 105 cm³/mol. The number of rotatable bonds is 5. The van der Waals surface area contributed by atoms with Gasteiger partial charge in [-0.15, -0.1) is 24.0 Å². The molecular weight excluding hydrogens is 389 g/mol. The molecule has 0 saturated heterocycles. The Morgan fingerprint density at radius 1 is 1.36 bits per heavy atom. The molecule has 128 valence electrons. The van der Waals surface area contributed by atoms with E-state index in [1.165, 1.54) is 5.69 Å². The molecule has 0 fully saturated rings. The van der Waals surface area contributed by atoms with E-state index in [0.717, 1.165) is 31.3 Å². The second-order valence-electron chi connectivity index (χ2n) is 6.81. The highest BCUT2D eigenvalue weighted by Crippen LogP contribution is 2.07. The van der Waals surface area contributed by atoms with Crippen molar-refractivity contribution in [1.82, 2.24) is 20.4 Å². The third kappa shape index (κ3) is 8.00. The zero-order chi connectivity index (χ0) is 16.0. The van der Waals surface area contributed by atoms with E-state index < -0.39 is 0 Å². The summed E-state index contributed by atoms with van der Waals surface area (Å²) in [5.41, 5.74) is 2.30. The van der Waals surface area contributed by atoms with Crippen LogP contribution in [0.5, 0.6) is 0 Å². The van der Waals surface area contributed by atoms with Crippen LogP contribution in [0.2, 0.25) is 0 Å². The summed E-state index contributed by atoms with van der Waals surface area (Å²) in [6.07, 6.45) is 0. The first-order chi connectivity index (χ1) is 9.71. The monoisotopic (exact) mass is 421 g/mol. The first-order valence-corrected chi connectivity index (χ1v) is 7.79. The van der Waals surface area contributed by atoms with Gasteiger partial charge in [-0.1, -0.05) is 6.92 Å². The van der Waals surface area contributed by atoms with Gasteiger partial charge in [-0.25, -0.2) is 0 Å². The van der Waals surface area contributed by atoms with Crippen molar-refractivity contribution in [2.75, 3.05) is 13.1 Å². The van der Waals surface area contributed by atoms with Gasteiger partial charge in [-0.3, -0.25) is 9.67 Å². The third-order valence-electron chi connectivity index (χ3n) is 2.99. The summed E-state index contributed by atoms with van der Waals surface area (Å²) in [6.45, 7) is 17.4. The maximum absolute atomic E-state index is 4.68. The highest BCUT2D eigenvalue weighted by atomic mass is 127. The minimum absolute atomic E-state index is 0. The molecule has 5 nitrogen and oxygen atoms in total. The Morgan fingerprint density at radius 3 is 2.45 bits per heavy atom. The van der Waals surface area contributed by atoms with Gasteiger partial charge in [0.05, 0.1) is 5.69 Å². The molecule has 0 bridgehead atoms. The van der Waals surface area contributed by atoms with Crippen molar-refractivity contribution in [3.05, 3.63) is 17.5 Å². The minimum Gasteiger partial charge on any atom is -0.357 e. The number of halogens is 1. The average Bonchev–Trinajstić information content (AvgIpc) is 2.63. The van der Waals surface area contributed by atoms with Gasteiger partial charge in [0, 0.05) is 30.9 Å². The lowest BCUT2D eigenvalue weighted by Gasteiger charge is -2.24. The van der Waals surface area contributed by atoms with Crippen LogP contribution in [0.1, 0.15) is 46.0 Å². The van der Waals surface area contributed by atoms with Crippen LogP contribution in [0.3, 0.4) is 0 Å². The van der Waals surface area contributed by atoms with E-state index in [9.17, 15) is 0 Å². The normalized spacial score (nSPS) is 13.5. The number of nitrogens with one attached hydrogen (secondary N) is 2. The first kappa shape index (κ1) is 21.2. The van der Waals surface area contributed by atoms with E-state index in [-0.39, 0.29) is 29.5 Å². The molecule has 1 aromatic heterocycles. The predicted octanol–water partition coefficient (Wildman–Crippen LogP) is 3.11. The van der Waals surface area contributed by atoms with Crippen molar-refractivity contribution in [2.45, 2.75) is 60.5 Å². The van der Waals surface area contributed by atoms with Crippen molar-refractivity contribution in [2.24, 2.45) is 10.9 Å². The highest BCUT2D eigenvalue weighted by Gasteiger charge is 2.12. The first-order valence-electron chi connectivity index (χ1n) is 7.79. The molecule has 1 aromatic rings. The number of nitrogens with zero attached hydrogens (tertiary/aromatic N) is 3. The lowest BCUT2D eigenvalue weighted by atomic mass is 10.1. The molecule has 0 aliphatic carbocycles. The maximum Gasteiger partial charge on any atom is 0.191 e. The highest BCUT2D eigenvalue weighted by molar-refractivity contribution is 14.0. The number of hydrogen-bond donors (Lipinski definition) is 2. The van der Waals surface area contributed by atoms with Gasteiger partial charge in [0.25, 0.3) is 0 Å². The van der Waals surface area contributed by atoms with Gasteiger partial charge < -0.3 is 10.6 Å². The Hall–Kier alpha value is -0.790. The van der Waals surface area contributed by atoms with E-state index in [1.807, 2.05) is 6.92 Å². The largest absolute Gasteiger partial charge is 0.357 e. The van der Waals surface area contributed by atoms with Gasteiger partial charge in [-0.2, -0.15) is 5.10 Å². The zero-order valence-corrected chi connectivity index (χ0v) is 17.4. The van der Waals surface area contributed by atoms with Gasteiger partial charge in [-0.05, 0) is 53.5 Å². The summed E-state index contributed by atoms with van der Waals surface area (Å²) < 4.78 is 2.07. The summed E-state index contributed by atoms with van der Waals surface area (Å²) in [5, 5.41) is 11.2. The van der Waals surface area contributed by atoms with Gasteiger partial charge >= 0.3 is 0 Å². The Morgan fingerprint density at radius 2 is 2.00 bits per heavy atom. The van der Waals surface area contributed by atoms with Crippen molar-refractivity contribution < 1.29 is 0 Å². The lowest BCUT2D eigenvalue weighted by Crippen LogP contribution is -2.47. The second kappa shape index (κ2) is 9.37. The topological polar surface area (TPSA) is 54.2 Å². The summed E-state index contributed by atoms with van der Waals surface area (Å²) in [6, 6.07) is 2.11. The Labute approximate surface area is 152 Å². The molecule has 0 amide bonds. The van der Waals surface area contributed by atoms with Gasteiger partial charge in [0.2, 0.25) is 0 Å². The van der Waals surface area contributed by atoms with Crippen molar-refractivity contribution in [1.29, 1.82) is 0 Å². The van der Waals surface area contributed by atoms with Crippen LogP contribution in [-0.4, -0.2) is 34.4 Å². The van der Waals surface area contributed by atoms with Gasteiger partial charge in [0.1, 0.15) is 0 Å². The summed E-state index contributed by atoms with van der Waals surface area (Å²) in [5.74, 6) is 1.32. The molecule has 0 radical (unpaired) electrons. The molecule has 22 heavy (non-hydrogen) atoms. The molecule has 1 atom stereocenters. The number of guanidine groups is 1. The molecule has 6 heteroatoms. The van der Waals surface area contributed by atoms with Crippen molar-refractivity contribution >= 4 is 29.9 Å². The Bertz CT molecular complexity index is 473. The SMILES string of the molecule is CCNC(=NCC(C)Cn1nc(C)cc1C)NC(C)(C)C.I. The maximum atomic E-state index is 4.68. The molecule has 1 heterocycles.